The molecule has 0 aliphatic heterocycles. The molecule has 78 valence electrons. The number of hydrogen-bond acceptors (Lipinski definition) is 2. The molecule has 0 spiro atoms. The Hall–Kier alpha value is 0.684. The molecule has 0 aromatic heterocycles. The summed E-state index contributed by atoms with van der Waals surface area (Å²) in [5.74, 6) is 0.622. The van der Waals surface area contributed by atoms with E-state index in [1.807, 2.05) is 0 Å². The van der Waals surface area contributed by atoms with Gasteiger partial charge in [-0.3, -0.25) is 4.57 Å². The third-order valence-electron chi connectivity index (χ3n) is 1.94. The van der Waals surface area contributed by atoms with E-state index in [1.165, 1.54) is 19.3 Å². The first-order chi connectivity index (χ1) is 5.35. The third kappa shape index (κ3) is 8.78. The van der Waals surface area contributed by atoms with Crippen LogP contribution in [0.2, 0.25) is 0 Å². The molecule has 0 aromatic carbocycles. The van der Waals surface area contributed by atoms with Gasteiger partial charge in [-0.15, -0.1) is 0 Å². The fourth-order valence-electron chi connectivity index (χ4n) is 1.07. The Labute approximate surface area is 86.7 Å². The molecule has 0 rings (SSSR count). The van der Waals surface area contributed by atoms with E-state index in [0.717, 1.165) is 6.42 Å². The Morgan fingerprint density at radius 3 is 2.50 bits per heavy atom. The van der Waals surface area contributed by atoms with Crippen molar-refractivity contribution in [3.05, 3.63) is 0 Å². The molecule has 0 aromatic rings. The van der Waals surface area contributed by atoms with E-state index < -0.39 is 8.69 Å². The van der Waals surface area contributed by atoms with Crippen LogP contribution in [0.4, 0.5) is 0 Å². The first-order valence-electron chi connectivity index (χ1n) is 4.40. The van der Waals surface area contributed by atoms with Gasteiger partial charge in [0.1, 0.15) is 0 Å². The van der Waals surface area contributed by atoms with Crippen molar-refractivity contribution in [3.8, 4) is 0 Å². The molecule has 0 fully saturated rings. The summed E-state index contributed by atoms with van der Waals surface area (Å²) in [5.41, 5.74) is 0. The Morgan fingerprint density at radius 1 is 1.42 bits per heavy atom. The van der Waals surface area contributed by atoms with Gasteiger partial charge in [0.15, 0.2) is 8.69 Å². The topological polar surface area (TPSA) is 26.3 Å². The van der Waals surface area contributed by atoms with Gasteiger partial charge in [0, 0.05) is 16.5 Å². The number of unbranched alkanes of at least 4 members (excludes halogenated alkanes) is 1. The number of hydrogen-bond donors (Lipinski definition) is 0. The van der Waals surface area contributed by atoms with Crippen LogP contribution in [-0.2, 0) is 25.6 Å². The molecule has 2 nitrogen and oxygen atoms in total. The molecule has 0 amide bonds. The van der Waals surface area contributed by atoms with Gasteiger partial charge < -0.3 is 4.52 Å². The zero-order valence-electron chi connectivity index (χ0n) is 7.82. The fourth-order valence-corrected chi connectivity index (χ4v) is 1.42. The van der Waals surface area contributed by atoms with Gasteiger partial charge >= 0.3 is 0 Å². The van der Waals surface area contributed by atoms with Crippen molar-refractivity contribution in [2.24, 2.45) is 5.92 Å². The van der Waals surface area contributed by atoms with Crippen molar-refractivity contribution in [1.82, 2.24) is 0 Å². The third-order valence-corrected chi connectivity index (χ3v) is 2.27. The second-order valence-electron chi connectivity index (χ2n) is 2.85. The molecule has 0 heterocycles. The second-order valence-corrected chi connectivity index (χ2v) is 3.37. The summed E-state index contributed by atoms with van der Waals surface area (Å²) in [7, 11) is -1.00. The van der Waals surface area contributed by atoms with E-state index in [9.17, 15) is 4.57 Å². The van der Waals surface area contributed by atoms with Crippen LogP contribution in [0, 0.1) is 5.92 Å². The Bertz CT molecular complexity index is 101. The summed E-state index contributed by atoms with van der Waals surface area (Å²) in [6.45, 7) is 5.03. The zero-order valence-corrected chi connectivity index (χ0v) is 9.97. The van der Waals surface area contributed by atoms with Crippen molar-refractivity contribution in [2.75, 3.05) is 6.61 Å². The van der Waals surface area contributed by atoms with E-state index in [0.29, 0.717) is 12.5 Å². The van der Waals surface area contributed by atoms with E-state index in [2.05, 4.69) is 13.8 Å². The quantitative estimate of drug-likeness (QED) is 0.502. The number of rotatable bonds is 7. The van der Waals surface area contributed by atoms with Crippen LogP contribution in [0.3, 0.4) is 0 Å². The molecule has 0 saturated heterocycles. The predicted molar refractivity (Wildman–Crippen MR) is 49.7 cm³/mol. The first-order valence-corrected chi connectivity index (χ1v) is 5.34. The average molecular weight is 237 g/mol. The molecule has 0 radical (unpaired) electrons. The summed E-state index contributed by atoms with van der Waals surface area (Å²) in [6, 6.07) is 0. The van der Waals surface area contributed by atoms with Crippen LogP contribution < -0.4 is 0 Å². The van der Waals surface area contributed by atoms with E-state index in [-0.39, 0.29) is 16.5 Å². The molecule has 2 unspecified atom stereocenters. The fraction of sp³-hybridized carbons (Fsp3) is 1.00. The Balaban J connectivity index is 0. The Morgan fingerprint density at radius 2 is 2.08 bits per heavy atom. The SMILES string of the molecule is CCCCC(CC)CO[PH2]=O.[Ni]. The minimum atomic E-state index is -1.00. The van der Waals surface area contributed by atoms with Crippen molar-refractivity contribution in [2.45, 2.75) is 39.5 Å². The second kappa shape index (κ2) is 11.7. The first kappa shape index (κ1) is 15.2. The van der Waals surface area contributed by atoms with Gasteiger partial charge in [-0.2, -0.15) is 0 Å². The maximum Gasteiger partial charge on any atom is 0.179 e. The standard InChI is InChI=1S/C8H19O2P.Ni/c1-3-5-6-8(4-2)7-10-11-9;/h8H,3-7,11H2,1-2H3;. The van der Waals surface area contributed by atoms with Crippen molar-refractivity contribution in [3.63, 3.8) is 0 Å². The molecule has 12 heavy (non-hydrogen) atoms. The summed E-state index contributed by atoms with van der Waals surface area (Å²) in [4.78, 5) is 0. The summed E-state index contributed by atoms with van der Waals surface area (Å²) >= 11 is 0. The maximum absolute atomic E-state index is 10.1. The molecular formula is C8H19NiO2P. The van der Waals surface area contributed by atoms with Gasteiger partial charge in [-0.25, -0.2) is 0 Å². The molecule has 0 bridgehead atoms. The Kier molecular flexibility index (Phi) is 14.8. The molecule has 0 aliphatic rings. The van der Waals surface area contributed by atoms with Gasteiger partial charge in [0.25, 0.3) is 0 Å². The zero-order chi connectivity index (χ0) is 8.53. The summed E-state index contributed by atoms with van der Waals surface area (Å²) < 4.78 is 15.0. The smallest absolute Gasteiger partial charge is 0.179 e. The molecular weight excluding hydrogens is 218 g/mol. The van der Waals surface area contributed by atoms with Crippen LogP contribution in [-0.4, -0.2) is 6.61 Å². The minimum Gasteiger partial charge on any atom is -0.332 e. The summed E-state index contributed by atoms with van der Waals surface area (Å²) in [5, 5.41) is 0. The van der Waals surface area contributed by atoms with Gasteiger partial charge in [-0.1, -0.05) is 33.1 Å². The van der Waals surface area contributed by atoms with Gasteiger partial charge in [0.05, 0.1) is 6.61 Å². The maximum atomic E-state index is 10.1. The van der Waals surface area contributed by atoms with E-state index in [1.54, 1.807) is 0 Å². The van der Waals surface area contributed by atoms with Crippen LogP contribution in [0.15, 0.2) is 0 Å². The average Bonchev–Trinajstić information content (AvgIpc) is 2.05. The van der Waals surface area contributed by atoms with Gasteiger partial charge in [-0.05, 0) is 12.3 Å². The molecule has 0 saturated carbocycles. The predicted octanol–water partition coefficient (Wildman–Crippen LogP) is 2.89. The molecule has 4 heteroatoms. The van der Waals surface area contributed by atoms with Crippen LogP contribution >= 0.6 is 8.69 Å². The van der Waals surface area contributed by atoms with Crippen LogP contribution in [0.5, 0.6) is 0 Å². The molecule has 0 N–H and O–H groups in total. The van der Waals surface area contributed by atoms with Crippen LogP contribution in [0.25, 0.3) is 0 Å². The van der Waals surface area contributed by atoms with Crippen molar-refractivity contribution >= 4 is 8.69 Å². The van der Waals surface area contributed by atoms with Crippen molar-refractivity contribution < 1.29 is 25.6 Å². The molecule has 0 aliphatic carbocycles. The summed E-state index contributed by atoms with van der Waals surface area (Å²) in [6.07, 6.45) is 4.85. The van der Waals surface area contributed by atoms with Crippen LogP contribution in [0.1, 0.15) is 39.5 Å². The normalized spacial score (nSPS) is 13.2. The van der Waals surface area contributed by atoms with E-state index in [4.69, 9.17) is 4.52 Å². The monoisotopic (exact) mass is 236 g/mol. The van der Waals surface area contributed by atoms with Gasteiger partial charge in [0.2, 0.25) is 0 Å². The minimum absolute atomic E-state index is 0. The largest absolute Gasteiger partial charge is 0.332 e. The van der Waals surface area contributed by atoms with Crippen molar-refractivity contribution in [1.29, 1.82) is 0 Å². The molecule has 2 atom stereocenters. The van der Waals surface area contributed by atoms with E-state index >= 15 is 0 Å².